The number of aromatic nitrogens is 2. The third kappa shape index (κ3) is 3.77. The van der Waals surface area contributed by atoms with E-state index in [9.17, 15) is 10.1 Å². The summed E-state index contributed by atoms with van der Waals surface area (Å²) in [5.74, 6) is -0.355. The number of hydrogen-bond acceptors (Lipinski definition) is 6. The first-order valence-corrected chi connectivity index (χ1v) is 9.11. The summed E-state index contributed by atoms with van der Waals surface area (Å²) in [5.41, 5.74) is 1.83. The molecule has 1 aliphatic rings. The lowest BCUT2D eigenvalue weighted by atomic mass is 9.98. The van der Waals surface area contributed by atoms with Crippen LogP contribution < -0.4 is 4.90 Å². The van der Waals surface area contributed by atoms with E-state index in [-0.39, 0.29) is 6.10 Å². The van der Waals surface area contributed by atoms with Crippen molar-refractivity contribution in [3.63, 3.8) is 0 Å². The van der Waals surface area contributed by atoms with Crippen LogP contribution in [0.5, 0.6) is 0 Å². The van der Waals surface area contributed by atoms with Crippen molar-refractivity contribution in [1.82, 2.24) is 9.97 Å². The maximum atomic E-state index is 12.5. The lowest BCUT2D eigenvalue weighted by molar-refractivity contribution is -0.147. The van der Waals surface area contributed by atoms with Crippen molar-refractivity contribution in [2.45, 2.75) is 45.6 Å². The molecule has 2 aromatic rings. The molecule has 26 heavy (non-hydrogen) atoms. The summed E-state index contributed by atoms with van der Waals surface area (Å²) in [6, 6.07) is 9.60. The van der Waals surface area contributed by atoms with Gasteiger partial charge in [-0.1, -0.05) is 19.1 Å². The van der Waals surface area contributed by atoms with Crippen LogP contribution in [0.25, 0.3) is 11.0 Å². The monoisotopic (exact) mass is 352 g/mol. The number of ether oxygens (including phenoxy) is 1. The number of esters is 1. The van der Waals surface area contributed by atoms with Crippen LogP contribution in [0, 0.1) is 17.2 Å². The Labute approximate surface area is 153 Å². The zero-order valence-corrected chi connectivity index (χ0v) is 15.5. The molecule has 1 fully saturated rings. The van der Waals surface area contributed by atoms with Crippen molar-refractivity contribution in [1.29, 1.82) is 5.26 Å². The summed E-state index contributed by atoms with van der Waals surface area (Å²) in [7, 11) is 0. The van der Waals surface area contributed by atoms with Crippen LogP contribution in [-0.4, -0.2) is 35.1 Å². The molecule has 0 spiro atoms. The third-order valence-electron chi connectivity index (χ3n) is 4.65. The van der Waals surface area contributed by atoms with E-state index in [1.165, 1.54) is 0 Å². The number of benzene rings is 1. The van der Waals surface area contributed by atoms with E-state index in [1.54, 1.807) is 13.8 Å². The number of piperidine rings is 1. The Morgan fingerprint density at radius 1 is 1.23 bits per heavy atom. The van der Waals surface area contributed by atoms with Gasteiger partial charge < -0.3 is 9.64 Å². The number of nitriles is 1. The van der Waals surface area contributed by atoms with Crippen molar-refractivity contribution >= 4 is 22.8 Å². The Hall–Kier alpha value is -2.68. The quantitative estimate of drug-likeness (QED) is 0.785. The molecular formula is C20H24N4O2. The van der Waals surface area contributed by atoms with Gasteiger partial charge in [-0.05, 0) is 44.7 Å². The van der Waals surface area contributed by atoms with Crippen LogP contribution in [0.15, 0.2) is 24.3 Å². The number of anilines is 1. The van der Waals surface area contributed by atoms with E-state index < -0.39 is 11.9 Å². The number of para-hydroxylation sites is 2. The highest BCUT2D eigenvalue weighted by molar-refractivity contribution is 5.85. The second-order valence-corrected chi connectivity index (χ2v) is 7.14. The molecule has 0 saturated carbocycles. The van der Waals surface area contributed by atoms with Crippen LogP contribution in [0.4, 0.5) is 5.82 Å². The van der Waals surface area contributed by atoms with Gasteiger partial charge in [0.2, 0.25) is 0 Å². The van der Waals surface area contributed by atoms with Crippen molar-refractivity contribution < 1.29 is 9.53 Å². The van der Waals surface area contributed by atoms with Crippen LogP contribution in [0.2, 0.25) is 0 Å². The first kappa shape index (κ1) is 18.1. The van der Waals surface area contributed by atoms with E-state index in [2.05, 4.69) is 22.9 Å². The van der Waals surface area contributed by atoms with Gasteiger partial charge in [0.15, 0.2) is 11.7 Å². The normalized spacial score (nSPS) is 16.5. The van der Waals surface area contributed by atoms with Crippen molar-refractivity contribution in [3.8, 4) is 6.07 Å². The number of rotatable bonds is 4. The highest BCUT2D eigenvalue weighted by Gasteiger charge is 2.31. The van der Waals surface area contributed by atoms with E-state index in [1.807, 2.05) is 24.3 Å². The second-order valence-electron chi connectivity index (χ2n) is 7.14. The van der Waals surface area contributed by atoms with Gasteiger partial charge in [0.05, 0.1) is 23.2 Å². The maximum Gasteiger partial charge on any atom is 0.329 e. The highest BCUT2D eigenvalue weighted by Crippen LogP contribution is 2.30. The zero-order valence-electron chi connectivity index (χ0n) is 15.5. The van der Waals surface area contributed by atoms with Gasteiger partial charge in [0, 0.05) is 13.1 Å². The highest BCUT2D eigenvalue weighted by atomic mass is 16.5. The summed E-state index contributed by atoms with van der Waals surface area (Å²) in [5, 5.41) is 9.66. The summed E-state index contributed by atoms with van der Waals surface area (Å²) in [4.78, 5) is 24.0. The maximum absolute atomic E-state index is 12.5. The topological polar surface area (TPSA) is 79.1 Å². The Morgan fingerprint density at radius 3 is 2.42 bits per heavy atom. The van der Waals surface area contributed by atoms with Crippen molar-refractivity contribution in [3.05, 3.63) is 30.0 Å². The van der Waals surface area contributed by atoms with Crippen LogP contribution in [0.3, 0.4) is 0 Å². The van der Waals surface area contributed by atoms with E-state index in [0.29, 0.717) is 22.9 Å². The smallest absolute Gasteiger partial charge is 0.329 e. The molecule has 0 radical (unpaired) electrons. The van der Waals surface area contributed by atoms with E-state index in [0.717, 1.165) is 31.4 Å². The van der Waals surface area contributed by atoms with E-state index in [4.69, 9.17) is 9.72 Å². The molecule has 1 atom stereocenters. The predicted octanol–water partition coefficient (Wildman–Crippen LogP) is 3.42. The van der Waals surface area contributed by atoms with Crippen LogP contribution in [0.1, 0.15) is 45.2 Å². The number of carbonyl (C=O) groups is 1. The molecule has 136 valence electrons. The zero-order chi connectivity index (χ0) is 18.7. The summed E-state index contributed by atoms with van der Waals surface area (Å²) >= 11 is 0. The standard InChI is InChI=1S/C20H24N4O2/c1-13(2)26-20(25)15(12-21)18-19(24-10-8-14(3)9-11-24)23-17-7-5-4-6-16(17)22-18/h4-7,13-15H,8-11H2,1-3H3/t15-/m0/s1. The molecule has 0 bridgehead atoms. The Balaban J connectivity index is 2.07. The molecule has 1 aromatic carbocycles. The van der Waals surface area contributed by atoms with Gasteiger partial charge in [-0.2, -0.15) is 5.26 Å². The van der Waals surface area contributed by atoms with Gasteiger partial charge in [0.25, 0.3) is 0 Å². The fourth-order valence-corrected chi connectivity index (χ4v) is 3.18. The molecule has 6 nitrogen and oxygen atoms in total. The van der Waals surface area contributed by atoms with Gasteiger partial charge in [-0.25, -0.2) is 9.97 Å². The molecule has 0 unspecified atom stereocenters. The Morgan fingerprint density at radius 2 is 1.85 bits per heavy atom. The van der Waals surface area contributed by atoms with Crippen molar-refractivity contribution in [2.24, 2.45) is 5.92 Å². The average molecular weight is 352 g/mol. The summed E-state index contributed by atoms with van der Waals surface area (Å²) < 4.78 is 5.28. The lowest BCUT2D eigenvalue weighted by Crippen LogP contribution is -2.35. The predicted molar refractivity (Wildman–Crippen MR) is 99.7 cm³/mol. The number of fused-ring (bicyclic) bond motifs is 1. The minimum Gasteiger partial charge on any atom is -0.462 e. The van der Waals surface area contributed by atoms with Gasteiger partial charge in [-0.15, -0.1) is 0 Å². The molecule has 0 aliphatic carbocycles. The van der Waals surface area contributed by atoms with Crippen LogP contribution >= 0.6 is 0 Å². The summed E-state index contributed by atoms with van der Waals surface area (Å²) in [6.45, 7) is 7.47. The fourth-order valence-electron chi connectivity index (χ4n) is 3.18. The molecule has 3 rings (SSSR count). The molecule has 2 heterocycles. The summed E-state index contributed by atoms with van der Waals surface area (Å²) in [6.07, 6.45) is 1.83. The minimum absolute atomic E-state index is 0.286. The van der Waals surface area contributed by atoms with Crippen LogP contribution in [-0.2, 0) is 9.53 Å². The number of carbonyl (C=O) groups excluding carboxylic acids is 1. The molecule has 1 aliphatic heterocycles. The SMILES string of the molecule is CC1CCN(c2nc3ccccc3nc2[C@H](C#N)C(=O)OC(C)C)CC1. The third-order valence-corrected chi connectivity index (χ3v) is 4.65. The number of nitrogens with zero attached hydrogens (tertiary/aromatic N) is 4. The molecule has 1 saturated heterocycles. The molecular weight excluding hydrogens is 328 g/mol. The fraction of sp³-hybridized carbons (Fsp3) is 0.500. The lowest BCUT2D eigenvalue weighted by Gasteiger charge is -2.32. The first-order chi connectivity index (χ1) is 12.5. The molecule has 0 N–H and O–H groups in total. The number of hydrogen-bond donors (Lipinski definition) is 0. The molecule has 0 amide bonds. The largest absolute Gasteiger partial charge is 0.462 e. The average Bonchev–Trinajstić information content (AvgIpc) is 2.62. The first-order valence-electron chi connectivity index (χ1n) is 9.11. The van der Waals surface area contributed by atoms with Gasteiger partial charge in [-0.3, -0.25) is 4.79 Å². The van der Waals surface area contributed by atoms with Crippen molar-refractivity contribution in [2.75, 3.05) is 18.0 Å². The minimum atomic E-state index is -1.08. The molecule has 1 aromatic heterocycles. The molecule has 6 heteroatoms. The second kappa shape index (κ2) is 7.69. The Bertz CT molecular complexity index is 835. The Kier molecular flexibility index (Phi) is 5.36. The van der Waals surface area contributed by atoms with Gasteiger partial charge >= 0.3 is 5.97 Å². The van der Waals surface area contributed by atoms with E-state index >= 15 is 0 Å². The van der Waals surface area contributed by atoms with Gasteiger partial charge in [0.1, 0.15) is 5.69 Å².